The van der Waals surface area contributed by atoms with Crippen LogP contribution in [0, 0.1) is 13.8 Å². The zero-order valence-corrected chi connectivity index (χ0v) is 19.5. The minimum atomic E-state index is -0.321. The van der Waals surface area contributed by atoms with Crippen molar-refractivity contribution >= 4 is 23.4 Å². The smallest absolute Gasteiger partial charge is 0.253 e. The quantitative estimate of drug-likeness (QED) is 0.672. The molecule has 2 aromatic rings. The van der Waals surface area contributed by atoms with Gasteiger partial charge < -0.3 is 20.3 Å². The number of rotatable bonds is 7. The van der Waals surface area contributed by atoms with Crippen molar-refractivity contribution in [2.45, 2.75) is 20.3 Å². The molecule has 1 aliphatic rings. The molecule has 3 rings (SSSR count). The van der Waals surface area contributed by atoms with Gasteiger partial charge in [-0.1, -0.05) is 23.8 Å². The van der Waals surface area contributed by atoms with Gasteiger partial charge in [0.25, 0.3) is 5.91 Å². The van der Waals surface area contributed by atoms with Crippen LogP contribution in [0.15, 0.2) is 42.5 Å². The predicted octanol–water partition coefficient (Wildman–Crippen LogP) is 2.21. The normalized spacial score (nSPS) is 14.3. The first-order chi connectivity index (χ1) is 15.9. The van der Waals surface area contributed by atoms with Gasteiger partial charge in [0.1, 0.15) is 5.75 Å². The number of nitrogens with one attached hydrogen (secondary N) is 2. The lowest BCUT2D eigenvalue weighted by Gasteiger charge is -2.22. The van der Waals surface area contributed by atoms with E-state index in [-0.39, 0.29) is 30.8 Å². The topological polar surface area (TPSA) is 91.0 Å². The number of ether oxygens (including phenoxy) is 1. The summed E-state index contributed by atoms with van der Waals surface area (Å²) in [5, 5.41) is 5.45. The molecule has 1 aliphatic heterocycles. The van der Waals surface area contributed by atoms with Gasteiger partial charge in [-0.25, -0.2) is 0 Å². The molecular formula is C25H32N4O4. The molecule has 8 nitrogen and oxygen atoms in total. The van der Waals surface area contributed by atoms with Crippen LogP contribution in [0.4, 0.5) is 5.69 Å². The highest BCUT2D eigenvalue weighted by molar-refractivity contribution is 5.96. The van der Waals surface area contributed by atoms with Gasteiger partial charge in [0.2, 0.25) is 11.8 Å². The molecule has 0 saturated carbocycles. The first-order valence-electron chi connectivity index (χ1n) is 11.1. The van der Waals surface area contributed by atoms with Crippen molar-refractivity contribution in [3.8, 4) is 5.75 Å². The summed E-state index contributed by atoms with van der Waals surface area (Å²) in [6, 6.07) is 13.1. The van der Waals surface area contributed by atoms with Gasteiger partial charge in [-0.15, -0.1) is 0 Å². The number of anilines is 1. The summed E-state index contributed by atoms with van der Waals surface area (Å²) in [5.74, 6) is 0.0423. The number of amides is 3. The van der Waals surface area contributed by atoms with Gasteiger partial charge in [0, 0.05) is 31.7 Å². The van der Waals surface area contributed by atoms with E-state index in [4.69, 9.17) is 4.74 Å². The predicted molar refractivity (Wildman–Crippen MR) is 128 cm³/mol. The van der Waals surface area contributed by atoms with Crippen molar-refractivity contribution in [1.82, 2.24) is 15.1 Å². The standard InChI is InChI=1S/C25H32N4O4/c1-18-6-4-7-20(14-18)25(32)29-11-5-10-28(12-13-29)17-24(31)26-16-23(30)27-21-15-19(2)8-9-22(21)33-3/h4,6-9,14-15H,5,10-13,16-17H2,1-3H3,(H,26,31)(H,27,30). The highest BCUT2D eigenvalue weighted by Gasteiger charge is 2.21. The SMILES string of the molecule is COc1ccc(C)cc1NC(=O)CNC(=O)CN1CCCN(C(=O)c2cccc(C)c2)CC1. The van der Waals surface area contributed by atoms with E-state index in [9.17, 15) is 14.4 Å². The molecule has 1 saturated heterocycles. The van der Waals surface area contributed by atoms with E-state index in [2.05, 4.69) is 10.6 Å². The summed E-state index contributed by atoms with van der Waals surface area (Å²) >= 11 is 0. The number of benzene rings is 2. The zero-order valence-electron chi connectivity index (χ0n) is 19.5. The molecule has 0 unspecified atom stereocenters. The molecule has 0 radical (unpaired) electrons. The lowest BCUT2D eigenvalue weighted by Crippen LogP contribution is -2.42. The molecule has 1 heterocycles. The Morgan fingerprint density at radius 3 is 2.48 bits per heavy atom. The van der Waals surface area contributed by atoms with Crippen LogP contribution in [0.2, 0.25) is 0 Å². The van der Waals surface area contributed by atoms with E-state index in [1.807, 2.05) is 60.0 Å². The Bertz CT molecular complexity index is 1010. The number of methoxy groups -OCH3 is 1. The van der Waals surface area contributed by atoms with E-state index < -0.39 is 0 Å². The van der Waals surface area contributed by atoms with E-state index in [0.29, 0.717) is 36.6 Å². The van der Waals surface area contributed by atoms with Crippen molar-refractivity contribution < 1.29 is 19.1 Å². The number of aryl methyl sites for hydroxylation is 2. The Kier molecular flexibility index (Phi) is 8.43. The lowest BCUT2D eigenvalue weighted by molar-refractivity contribution is -0.125. The van der Waals surface area contributed by atoms with Crippen molar-refractivity contribution in [2.24, 2.45) is 0 Å². The van der Waals surface area contributed by atoms with Crippen molar-refractivity contribution in [2.75, 3.05) is 51.7 Å². The number of hydrogen-bond donors (Lipinski definition) is 2. The Labute approximate surface area is 194 Å². The van der Waals surface area contributed by atoms with Crippen LogP contribution in [0.25, 0.3) is 0 Å². The van der Waals surface area contributed by atoms with Crippen LogP contribution in [-0.2, 0) is 9.59 Å². The number of carbonyl (C=O) groups excluding carboxylic acids is 3. The molecule has 0 aromatic heterocycles. The fourth-order valence-corrected chi connectivity index (χ4v) is 3.84. The molecule has 0 bridgehead atoms. The molecule has 2 N–H and O–H groups in total. The average Bonchev–Trinajstić information content (AvgIpc) is 3.03. The van der Waals surface area contributed by atoms with E-state index >= 15 is 0 Å². The van der Waals surface area contributed by atoms with Crippen molar-refractivity contribution in [1.29, 1.82) is 0 Å². The van der Waals surface area contributed by atoms with Gasteiger partial charge in [0.15, 0.2) is 0 Å². The second kappa shape index (κ2) is 11.5. The van der Waals surface area contributed by atoms with E-state index in [1.54, 1.807) is 13.2 Å². The second-order valence-electron chi connectivity index (χ2n) is 8.32. The first kappa shape index (κ1) is 24.3. The maximum absolute atomic E-state index is 12.8. The van der Waals surface area contributed by atoms with Gasteiger partial charge in [-0.2, -0.15) is 0 Å². The minimum absolute atomic E-state index is 0.0215. The van der Waals surface area contributed by atoms with Gasteiger partial charge >= 0.3 is 0 Å². The first-order valence-corrected chi connectivity index (χ1v) is 11.1. The summed E-state index contributed by atoms with van der Waals surface area (Å²) in [4.78, 5) is 41.3. The third-order valence-electron chi connectivity index (χ3n) is 5.58. The maximum Gasteiger partial charge on any atom is 0.253 e. The van der Waals surface area contributed by atoms with Crippen LogP contribution in [0.5, 0.6) is 5.75 Å². The Hall–Kier alpha value is -3.39. The molecule has 33 heavy (non-hydrogen) atoms. The van der Waals surface area contributed by atoms with Crippen LogP contribution in [0.1, 0.15) is 27.9 Å². The fourth-order valence-electron chi connectivity index (χ4n) is 3.84. The van der Waals surface area contributed by atoms with Crippen molar-refractivity contribution in [3.63, 3.8) is 0 Å². The summed E-state index contributed by atoms with van der Waals surface area (Å²) < 4.78 is 5.26. The maximum atomic E-state index is 12.8. The number of nitrogens with zero attached hydrogens (tertiary/aromatic N) is 2. The van der Waals surface area contributed by atoms with Crippen LogP contribution in [-0.4, -0.2) is 73.9 Å². The van der Waals surface area contributed by atoms with Crippen LogP contribution in [0.3, 0.4) is 0 Å². The molecular weight excluding hydrogens is 420 g/mol. The van der Waals surface area contributed by atoms with E-state index in [1.165, 1.54) is 0 Å². The van der Waals surface area contributed by atoms with Gasteiger partial charge in [-0.3, -0.25) is 19.3 Å². The summed E-state index contributed by atoms with van der Waals surface area (Å²) in [6.45, 7) is 6.51. The molecule has 2 aromatic carbocycles. The Morgan fingerprint density at radius 2 is 1.73 bits per heavy atom. The third kappa shape index (κ3) is 7.05. The molecule has 0 aliphatic carbocycles. The molecule has 8 heteroatoms. The summed E-state index contributed by atoms with van der Waals surface area (Å²) in [5.41, 5.74) is 3.31. The highest BCUT2D eigenvalue weighted by Crippen LogP contribution is 2.24. The Morgan fingerprint density at radius 1 is 0.939 bits per heavy atom. The summed E-state index contributed by atoms with van der Waals surface area (Å²) in [7, 11) is 1.54. The van der Waals surface area contributed by atoms with Crippen molar-refractivity contribution in [3.05, 3.63) is 59.2 Å². The number of hydrogen-bond acceptors (Lipinski definition) is 5. The zero-order chi connectivity index (χ0) is 23.8. The Balaban J connectivity index is 1.45. The molecule has 1 fully saturated rings. The molecule has 3 amide bonds. The van der Waals surface area contributed by atoms with Crippen LogP contribution < -0.4 is 15.4 Å². The fraction of sp³-hybridized carbons (Fsp3) is 0.400. The van der Waals surface area contributed by atoms with E-state index in [0.717, 1.165) is 24.1 Å². The number of carbonyl (C=O) groups is 3. The molecule has 0 spiro atoms. The highest BCUT2D eigenvalue weighted by atomic mass is 16.5. The lowest BCUT2D eigenvalue weighted by atomic mass is 10.1. The summed E-state index contributed by atoms with van der Waals surface area (Å²) in [6.07, 6.45) is 0.790. The van der Waals surface area contributed by atoms with Gasteiger partial charge in [-0.05, 0) is 50.1 Å². The molecule has 176 valence electrons. The van der Waals surface area contributed by atoms with Crippen LogP contribution >= 0.6 is 0 Å². The monoisotopic (exact) mass is 452 g/mol. The minimum Gasteiger partial charge on any atom is -0.495 e. The van der Waals surface area contributed by atoms with Gasteiger partial charge in [0.05, 0.1) is 25.9 Å². The third-order valence-corrected chi connectivity index (χ3v) is 5.58. The molecule has 0 atom stereocenters. The second-order valence-corrected chi connectivity index (χ2v) is 8.32. The average molecular weight is 453 g/mol. The largest absolute Gasteiger partial charge is 0.495 e.